The number of benzene rings is 2. The summed E-state index contributed by atoms with van der Waals surface area (Å²) in [5.74, 6) is -1.47. The van der Waals surface area contributed by atoms with E-state index >= 15 is 0 Å². The van der Waals surface area contributed by atoms with Crippen molar-refractivity contribution in [1.82, 2.24) is 0 Å². The van der Waals surface area contributed by atoms with Crippen molar-refractivity contribution in [2.24, 2.45) is 0 Å². The second-order valence-corrected chi connectivity index (χ2v) is 4.44. The van der Waals surface area contributed by atoms with E-state index in [2.05, 4.69) is 0 Å². The molecule has 102 valence electrons. The smallest absolute Gasteiger partial charge is 0.336 e. The van der Waals surface area contributed by atoms with Crippen LogP contribution < -0.4 is 4.74 Å². The zero-order valence-corrected chi connectivity index (χ0v) is 11.3. The third-order valence-electron chi connectivity index (χ3n) is 2.65. The van der Waals surface area contributed by atoms with E-state index in [4.69, 9.17) is 16.3 Å². The molecule has 0 bridgehead atoms. The van der Waals surface area contributed by atoms with Gasteiger partial charge in [0.2, 0.25) is 0 Å². The van der Waals surface area contributed by atoms with E-state index in [1.54, 1.807) is 24.3 Å². The van der Waals surface area contributed by atoms with E-state index in [0.29, 0.717) is 11.1 Å². The molecule has 0 aromatic heterocycles. The number of hydrogen-bond acceptors (Lipinski definition) is 3. The largest absolute Gasteiger partial charge is 0.478 e. The first-order valence-electron chi connectivity index (χ1n) is 5.80. The SMILES string of the molecule is CC(=O)Oc1ccc(C(=O)O)c(-c2ccccc2)c1Cl. The van der Waals surface area contributed by atoms with Crippen molar-refractivity contribution in [2.75, 3.05) is 0 Å². The van der Waals surface area contributed by atoms with Gasteiger partial charge >= 0.3 is 11.9 Å². The summed E-state index contributed by atoms with van der Waals surface area (Å²) < 4.78 is 4.98. The minimum absolute atomic E-state index is 0.0529. The molecule has 0 spiro atoms. The van der Waals surface area contributed by atoms with Gasteiger partial charge in [0.25, 0.3) is 0 Å². The van der Waals surface area contributed by atoms with Crippen LogP contribution in [0.1, 0.15) is 17.3 Å². The molecule has 4 nitrogen and oxygen atoms in total. The Morgan fingerprint density at radius 2 is 1.75 bits per heavy atom. The van der Waals surface area contributed by atoms with E-state index in [9.17, 15) is 14.7 Å². The number of carboxylic acid groups (broad SMARTS) is 1. The Balaban J connectivity index is 2.67. The quantitative estimate of drug-likeness (QED) is 0.692. The lowest BCUT2D eigenvalue weighted by Crippen LogP contribution is -2.05. The van der Waals surface area contributed by atoms with E-state index < -0.39 is 11.9 Å². The maximum absolute atomic E-state index is 11.3. The fourth-order valence-corrected chi connectivity index (χ4v) is 2.17. The topological polar surface area (TPSA) is 63.6 Å². The van der Waals surface area contributed by atoms with Gasteiger partial charge in [0.05, 0.1) is 10.6 Å². The van der Waals surface area contributed by atoms with Crippen molar-refractivity contribution in [3.8, 4) is 16.9 Å². The Morgan fingerprint density at radius 3 is 2.30 bits per heavy atom. The van der Waals surface area contributed by atoms with Crippen LogP contribution in [-0.4, -0.2) is 17.0 Å². The average molecular weight is 291 g/mol. The molecule has 0 amide bonds. The van der Waals surface area contributed by atoms with E-state index in [1.807, 2.05) is 6.07 Å². The average Bonchev–Trinajstić information content (AvgIpc) is 2.41. The zero-order valence-electron chi connectivity index (χ0n) is 10.6. The summed E-state index contributed by atoms with van der Waals surface area (Å²) in [7, 11) is 0. The molecule has 0 unspecified atom stereocenters. The molecule has 0 saturated carbocycles. The molecular weight excluding hydrogens is 280 g/mol. The van der Waals surface area contributed by atoms with Gasteiger partial charge in [0.1, 0.15) is 5.75 Å². The Bertz CT molecular complexity index is 665. The molecule has 5 heteroatoms. The standard InChI is InChI=1S/C15H11ClO4/c1-9(17)20-12-8-7-11(15(18)19)13(14(12)16)10-5-3-2-4-6-10/h2-8H,1H3,(H,18,19). The molecule has 0 saturated heterocycles. The van der Waals surface area contributed by atoms with Gasteiger partial charge in [-0.3, -0.25) is 4.79 Å². The number of rotatable bonds is 3. The molecule has 2 rings (SSSR count). The van der Waals surface area contributed by atoms with Crippen LogP contribution in [0.4, 0.5) is 0 Å². The molecule has 0 aliphatic rings. The van der Waals surface area contributed by atoms with Gasteiger partial charge in [-0.05, 0) is 17.7 Å². The highest BCUT2D eigenvalue weighted by Crippen LogP contribution is 2.38. The van der Waals surface area contributed by atoms with Crippen LogP contribution >= 0.6 is 11.6 Å². The van der Waals surface area contributed by atoms with Crippen LogP contribution in [0.15, 0.2) is 42.5 Å². The summed E-state index contributed by atoms with van der Waals surface area (Å²) in [6, 6.07) is 11.6. The normalized spacial score (nSPS) is 10.1. The first-order valence-corrected chi connectivity index (χ1v) is 6.18. The molecule has 0 radical (unpaired) electrons. The second-order valence-electron chi connectivity index (χ2n) is 4.07. The molecule has 2 aromatic carbocycles. The van der Waals surface area contributed by atoms with Crippen LogP contribution in [-0.2, 0) is 4.79 Å². The van der Waals surface area contributed by atoms with Gasteiger partial charge in [-0.15, -0.1) is 0 Å². The zero-order chi connectivity index (χ0) is 14.7. The minimum atomic E-state index is -1.10. The number of aromatic carboxylic acids is 1. The highest BCUT2D eigenvalue weighted by molar-refractivity contribution is 6.35. The molecular formula is C15H11ClO4. The van der Waals surface area contributed by atoms with Gasteiger partial charge < -0.3 is 9.84 Å². The Labute approximate surface area is 120 Å². The lowest BCUT2D eigenvalue weighted by atomic mass is 9.99. The van der Waals surface area contributed by atoms with Crippen molar-refractivity contribution in [3.05, 3.63) is 53.1 Å². The fourth-order valence-electron chi connectivity index (χ4n) is 1.86. The molecule has 20 heavy (non-hydrogen) atoms. The monoisotopic (exact) mass is 290 g/mol. The number of carbonyl (C=O) groups excluding carboxylic acids is 1. The third-order valence-corrected chi connectivity index (χ3v) is 3.03. The number of ether oxygens (including phenoxy) is 1. The van der Waals surface area contributed by atoms with Crippen molar-refractivity contribution in [2.45, 2.75) is 6.92 Å². The number of carbonyl (C=O) groups is 2. The van der Waals surface area contributed by atoms with Gasteiger partial charge in [-0.2, -0.15) is 0 Å². The van der Waals surface area contributed by atoms with E-state index in [0.717, 1.165) is 0 Å². The molecule has 0 aliphatic heterocycles. The van der Waals surface area contributed by atoms with E-state index in [1.165, 1.54) is 19.1 Å². The maximum atomic E-state index is 11.3. The second kappa shape index (κ2) is 5.75. The van der Waals surface area contributed by atoms with Crippen molar-refractivity contribution >= 4 is 23.5 Å². The van der Waals surface area contributed by atoms with E-state index in [-0.39, 0.29) is 16.3 Å². The first kappa shape index (κ1) is 14.1. The highest BCUT2D eigenvalue weighted by Gasteiger charge is 2.19. The Morgan fingerprint density at radius 1 is 1.10 bits per heavy atom. The lowest BCUT2D eigenvalue weighted by Gasteiger charge is -2.12. The number of esters is 1. The van der Waals surface area contributed by atoms with Gasteiger partial charge in [0.15, 0.2) is 0 Å². The maximum Gasteiger partial charge on any atom is 0.336 e. The summed E-state index contributed by atoms with van der Waals surface area (Å²) in [6.45, 7) is 1.25. The van der Waals surface area contributed by atoms with Crippen LogP contribution in [0, 0.1) is 0 Å². The van der Waals surface area contributed by atoms with Crippen LogP contribution in [0.5, 0.6) is 5.75 Å². The van der Waals surface area contributed by atoms with Crippen molar-refractivity contribution < 1.29 is 19.4 Å². The number of hydrogen-bond donors (Lipinski definition) is 1. The predicted molar refractivity (Wildman–Crippen MR) is 75.2 cm³/mol. The molecule has 0 heterocycles. The summed E-state index contributed by atoms with van der Waals surface area (Å²) in [5.41, 5.74) is 1.03. The summed E-state index contributed by atoms with van der Waals surface area (Å²) >= 11 is 6.20. The highest BCUT2D eigenvalue weighted by atomic mass is 35.5. The van der Waals surface area contributed by atoms with Crippen molar-refractivity contribution in [1.29, 1.82) is 0 Å². The molecule has 0 atom stereocenters. The number of carboxylic acids is 1. The molecule has 0 aliphatic carbocycles. The fraction of sp³-hybridized carbons (Fsp3) is 0.0667. The van der Waals surface area contributed by atoms with Gasteiger partial charge in [-0.1, -0.05) is 41.9 Å². The summed E-state index contributed by atoms with van der Waals surface area (Å²) in [5, 5.41) is 9.36. The Kier molecular flexibility index (Phi) is 4.05. The lowest BCUT2D eigenvalue weighted by molar-refractivity contribution is -0.131. The Hall–Kier alpha value is -2.33. The van der Waals surface area contributed by atoms with Crippen LogP contribution in [0.3, 0.4) is 0 Å². The summed E-state index contributed by atoms with van der Waals surface area (Å²) in [4.78, 5) is 22.3. The van der Waals surface area contributed by atoms with Gasteiger partial charge in [-0.25, -0.2) is 4.79 Å². The number of halogens is 1. The summed E-state index contributed by atoms with van der Waals surface area (Å²) in [6.07, 6.45) is 0. The molecule has 2 aromatic rings. The minimum Gasteiger partial charge on any atom is -0.478 e. The van der Waals surface area contributed by atoms with Crippen LogP contribution in [0.2, 0.25) is 5.02 Å². The van der Waals surface area contributed by atoms with Gasteiger partial charge in [0, 0.05) is 12.5 Å². The first-order chi connectivity index (χ1) is 9.50. The van der Waals surface area contributed by atoms with Crippen LogP contribution in [0.25, 0.3) is 11.1 Å². The third kappa shape index (κ3) is 2.81. The predicted octanol–water partition coefficient (Wildman–Crippen LogP) is 3.63. The molecule has 1 N–H and O–H groups in total. The van der Waals surface area contributed by atoms with Crippen molar-refractivity contribution in [3.63, 3.8) is 0 Å². The molecule has 0 fully saturated rings.